The predicted octanol–water partition coefficient (Wildman–Crippen LogP) is 2.30. The SMILES string of the molecule is O=C1CN(c2cn[nH]c(=O)c2Cl)CCN1c1ccccc1C(F)(F)F. The van der Waals surface area contributed by atoms with Gasteiger partial charge in [-0.05, 0) is 12.1 Å². The molecule has 1 aromatic carbocycles. The molecule has 132 valence electrons. The summed E-state index contributed by atoms with van der Waals surface area (Å²) in [5, 5.41) is 5.68. The molecule has 1 amide bonds. The molecule has 1 aliphatic rings. The summed E-state index contributed by atoms with van der Waals surface area (Å²) in [5.74, 6) is -0.528. The Hall–Kier alpha value is -2.55. The molecule has 0 radical (unpaired) electrons. The van der Waals surface area contributed by atoms with Crippen LogP contribution in [-0.4, -0.2) is 35.7 Å². The maximum atomic E-state index is 13.2. The second kappa shape index (κ2) is 6.40. The zero-order valence-corrected chi connectivity index (χ0v) is 13.4. The van der Waals surface area contributed by atoms with Crippen LogP contribution in [-0.2, 0) is 11.0 Å². The Morgan fingerprint density at radius 1 is 1.12 bits per heavy atom. The number of anilines is 2. The third-order valence-corrected chi connectivity index (χ3v) is 4.20. The number of benzene rings is 1. The molecule has 2 heterocycles. The van der Waals surface area contributed by atoms with E-state index in [1.807, 2.05) is 0 Å². The molecule has 25 heavy (non-hydrogen) atoms. The van der Waals surface area contributed by atoms with Gasteiger partial charge in [0.2, 0.25) is 5.91 Å². The number of carbonyl (C=O) groups excluding carboxylic acids is 1. The van der Waals surface area contributed by atoms with Crippen molar-refractivity contribution in [3.05, 3.63) is 51.4 Å². The Morgan fingerprint density at radius 3 is 2.52 bits per heavy atom. The van der Waals surface area contributed by atoms with Gasteiger partial charge in [-0.25, -0.2) is 5.10 Å². The number of carbonyl (C=O) groups is 1. The van der Waals surface area contributed by atoms with Crippen LogP contribution in [0.5, 0.6) is 0 Å². The second-order valence-electron chi connectivity index (χ2n) is 5.38. The molecule has 0 atom stereocenters. The smallest absolute Gasteiger partial charge is 0.358 e. The lowest BCUT2D eigenvalue weighted by molar-refractivity contribution is -0.137. The number of aromatic amines is 1. The zero-order valence-electron chi connectivity index (χ0n) is 12.7. The van der Waals surface area contributed by atoms with Gasteiger partial charge in [-0.15, -0.1) is 0 Å². The van der Waals surface area contributed by atoms with Crippen molar-refractivity contribution < 1.29 is 18.0 Å². The minimum absolute atomic E-state index is 0.0229. The first-order valence-electron chi connectivity index (χ1n) is 7.24. The average molecular weight is 373 g/mol. The molecule has 2 aromatic rings. The fourth-order valence-corrected chi connectivity index (χ4v) is 2.89. The first-order chi connectivity index (χ1) is 11.8. The summed E-state index contributed by atoms with van der Waals surface area (Å²) in [6.07, 6.45) is -3.26. The lowest BCUT2D eigenvalue weighted by atomic mass is 10.1. The largest absolute Gasteiger partial charge is 0.418 e. The normalized spacial score (nSPS) is 15.6. The Balaban J connectivity index is 1.88. The van der Waals surface area contributed by atoms with Crippen molar-refractivity contribution in [1.29, 1.82) is 0 Å². The Kier molecular flexibility index (Phi) is 4.42. The molecule has 1 saturated heterocycles. The van der Waals surface area contributed by atoms with Crippen LogP contribution in [0.4, 0.5) is 24.5 Å². The molecular weight excluding hydrogens is 361 g/mol. The van der Waals surface area contributed by atoms with Crippen LogP contribution in [0.15, 0.2) is 35.3 Å². The zero-order chi connectivity index (χ0) is 18.2. The number of hydrogen-bond acceptors (Lipinski definition) is 4. The lowest BCUT2D eigenvalue weighted by Gasteiger charge is -2.36. The van der Waals surface area contributed by atoms with E-state index >= 15 is 0 Å². The number of alkyl halides is 3. The number of H-pyrrole nitrogens is 1. The Labute approximate surface area is 144 Å². The number of nitrogens with one attached hydrogen (secondary N) is 1. The van der Waals surface area contributed by atoms with Crippen molar-refractivity contribution in [3.63, 3.8) is 0 Å². The summed E-state index contributed by atoms with van der Waals surface area (Å²) in [5.41, 5.74) is -1.39. The number of piperazine rings is 1. The summed E-state index contributed by atoms with van der Waals surface area (Å²) in [7, 11) is 0. The molecule has 0 bridgehead atoms. The van der Waals surface area contributed by atoms with E-state index in [4.69, 9.17) is 11.6 Å². The predicted molar refractivity (Wildman–Crippen MR) is 85.9 cm³/mol. The highest BCUT2D eigenvalue weighted by atomic mass is 35.5. The quantitative estimate of drug-likeness (QED) is 0.878. The Morgan fingerprint density at radius 2 is 1.84 bits per heavy atom. The summed E-state index contributed by atoms with van der Waals surface area (Å²) >= 11 is 5.91. The van der Waals surface area contributed by atoms with Crippen LogP contribution < -0.4 is 15.4 Å². The van der Waals surface area contributed by atoms with Gasteiger partial charge >= 0.3 is 6.18 Å². The van der Waals surface area contributed by atoms with E-state index in [9.17, 15) is 22.8 Å². The van der Waals surface area contributed by atoms with Crippen molar-refractivity contribution in [3.8, 4) is 0 Å². The molecule has 0 aliphatic carbocycles. The molecule has 0 spiro atoms. The van der Waals surface area contributed by atoms with Gasteiger partial charge in [-0.1, -0.05) is 23.7 Å². The van der Waals surface area contributed by atoms with E-state index in [-0.39, 0.29) is 36.0 Å². The molecule has 1 aromatic heterocycles. The number of aromatic nitrogens is 2. The maximum absolute atomic E-state index is 13.2. The molecule has 1 N–H and O–H groups in total. The van der Waals surface area contributed by atoms with Crippen molar-refractivity contribution >= 4 is 28.9 Å². The molecule has 1 aliphatic heterocycles. The van der Waals surface area contributed by atoms with E-state index in [1.165, 1.54) is 29.3 Å². The molecule has 6 nitrogen and oxygen atoms in total. The highest BCUT2D eigenvalue weighted by Crippen LogP contribution is 2.37. The monoisotopic (exact) mass is 372 g/mol. The maximum Gasteiger partial charge on any atom is 0.418 e. The van der Waals surface area contributed by atoms with Crippen LogP contribution in [0.3, 0.4) is 0 Å². The van der Waals surface area contributed by atoms with Crippen molar-refractivity contribution in [2.45, 2.75) is 6.18 Å². The minimum atomic E-state index is -4.56. The molecule has 0 unspecified atom stereocenters. The second-order valence-corrected chi connectivity index (χ2v) is 5.76. The van der Waals surface area contributed by atoms with Crippen LogP contribution in [0, 0.1) is 0 Å². The van der Waals surface area contributed by atoms with E-state index < -0.39 is 23.2 Å². The fourth-order valence-electron chi connectivity index (χ4n) is 2.68. The third-order valence-electron chi connectivity index (χ3n) is 3.84. The van der Waals surface area contributed by atoms with Gasteiger partial charge in [0.15, 0.2) is 0 Å². The average Bonchev–Trinajstić information content (AvgIpc) is 2.56. The number of halogens is 4. The van der Waals surface area contributed by atoms with E-state index in [0.29, 0.717) is 0 Å². The van der Waals surface area contributed by atoms with Gasteiger partial charge in [0.1, 0.15) is 5.02 Å². The van der Waals surface area contributed by atoms with E-state index in [0.717, 1.165) is 11.0 Å². The highest BCUT2D eigenvalue weighted by molar-refractivity contribution is 6.33. The number of amides is 1. The summed E-state index contributed by atoms with van der Waals surface area (Å²) in [4.78, 5) is 26.5. The fraction of sp³-hybridized carbons (Fsp3) is 0.267. The molecule has 3 rings (SSSR count). The van der Waals surface area contributed by atoms with E-state index in [1.54, 1.807) is 0 Å². The summed E-state index contributed by atoms with van der Waals surface area (Å²) < 4.78 is 39.5. The van der Waals surface area contributed by atoms with Crippen molar-refractivity contribution in [1.82, 2.24) is 10.2 Å². The van der Waals surface area contributed by atoms with Gasteiger partial charge in [0, 0.05) is 13.1 Å². The van der Waals surface area contributed by atoms with Gasteiger partial charge in [0.25, 0.3) is 5.56 Å². The van der Waals surface area contributed by atoms with Gasteiger partial charge < -0.3 is 9.80 Å². The molecule has 1 fully saturated rings. The minimum Gasteiger partial charge on any atom is -0.358 e. The summed E-state index contributed by atoms with van der Waals surface area (Å²) in [6.45, 7) is 0.0227. The van der Waals surface area contributed by atoms with Crippen LogP contribution in [0.2, 0.25) is 5.02 Å². The van der Waals surface area contributed by atoms with Gasteiger partial charge in [-0.3, -0.25) is 9.59 Å². The lowest BCUT2D eigenvalue weighted by Crippen LogP contribution is -2.51. The number of nitrogens with zero attached hydrogens (tertiary/aromatic N) is 3. The standard InChI is InChI=1S/C15H12ClF3N4O2/c16-13-11(7-20-21-14(13)25)22-5-6-23(12(24)8-22)10-4-2-1-3-9(10)15(17,18)19/h1-4,7H,5-6,8H2,(H,21,25). The van der Waals surface area contributed by atoms with Crippen molar-refractivity contribution in [2.24, 2.45) is 0 Å². The summed E-state index contributed by atoms with van der Waals surface area (Å²) in [6, 6.07) is 4.92. The molecule has 0 saturated carbocycles. The number of rotatable bonds is 2. The first kappa shape index (κ1) is 17.3. The molecule has 10 heteroatoms. The highest BCUT2D eigenvalue weighted by Gasteiger charge is 2.37. The van der Waals surface area contributed by atoms with Gasteiger partial charge in [0.05, 0.1) is 29.7 Å². The van der Waals surface area contributed by atoms with Crippen LogP contribution in [0.25, 0.3) is 0 Å². The number of para-hydroxylation sites is 1. The van der Waals surface area contributed by atoms with Gasteiger partial charge in [-0.2, -0.15) is 18.3 Å². The van der Waals surface area contributed by atoms with Crippen LogP contribution >= 0.6 is 11.6 Å². The van der Waals surface area contributed by atoms with Crippen LogP contribution in [0.1, 0.15) is 5.56 Å². The van der Waals surface area contributed by atoms with E-state index in [2.05, 4.69) is 10.2 Å². The molecular formula is C15H12ClF3N4O2. The topological polar surface area (TPSA) is 69.3 Å². The number of hydrogen-bond donors (Lipinski definition) is 1. The third kappa shape index (κ3) is 3.32. The van der Waals surface area contributed by atoms with Crippen molar-refractivity contribution in [2.75, 3.05) is 29.4 Å². The Bertz CT molecular complexity index is 868. The first-order valence-corrected chi connectivity index (χ1v) is 7.61.